The first-order chi connectivity index (χ1) is 16.4. The fraction of sp³-hybridized carbons (Fsp3) is 0.348. The summed E-state index contributed by atoms with van der Waals surface area (Å²) < 4.78 is 32.3. The number of carbonyl (C=O) groups excluding carboxylic acids is 1. The third-order valence-electron chi connectivity index (χ3n) is 6.22. The molecule has 11 heteroatoms. The standard InChI is InChI=1S/C23H21F2N7O2/c1-13-16(2-3-17-18(13)12-34-22(17)33)19-11-31(5-4-27-19)9-14-7-28-23(29-8-14)32-10-15(6-26)20(30-32)21(24)25/h2-3,7-8,10,19,21,27H,4-5,9,11-12H2,1H3. The van der Waals surface area contributed by atoms with Gasteiger partial charge in [-0.25, -0.2) is 28.2 Å². The number of ether oxygens (including phenoxy) is 1. The lowest BCUT2D eigenvalue weighted by Crippen LogP contribution is -2.45. The van der Waals surface area contributed by atoms with Gasteiger partial charge < -0.3 is 10.1 Å². The summed E-state index contributed by atoms with van der Waals surface area (Å²) in [7, 11) is 0. The Hall–Kier alpha value is -3.75. The van der Waals surface area contributed by atoms with E-state index in [2.05, 4.69) is 25.3 Å². The normalized spacial score (nSPS) is 18.1. The highest BCUT2D eigenvalue weighted by Gasteiger charge is 2.28. The molecule has 1 fully saturated rings. The van der Waals surface area contributed by atoms with Gasteiger partial charge in [0.1, 0.15) is 18.4 Å². The third kappa shape index (κ3) is 4.02. The van der Waals surface area contributed by atoms with E-state index in [1.54, 1.807) is 18.5 Å². The van der Waals surface area contributed by atoms with Gasteiger partial charge in [0.05, 0.1) is 17.3 Å². The molecule has 0 spiro atoms. The maximum absolute atomic E-state index is 13.0. The maximum Gasteiger partial charge on any atom is 0.338 e. The molecule has 0 radical (unpaired) electrons. The minimum Gasteiger partial charge on any atom is -0.457 e. The second kappa shape index (κ2) is 8.89. The molecule has 3 aromatic rings. The zero-order chi connectivity index (χ0) is 23.8. The number of cyclic esters (lactones) is 1. The van der Waals surface area contributed by atoms with Crippen molar-refractivity contribution in [1.29, 1.82) is 5.26 Å². The number of hydrogen-bond acceptors (Lipinski definition) is 8. The zero-order valence-electron chi connectivity index (χ0n) is 18.3. The number of nitrogens with one attached hydrogen (secondary N) is 1. The number of carbonyl (C=O) groups is 1. The number of hydrogen-bond donors (Lipinski definition) is 1. The zero-order valence-corrected chi connectivity index (χ0v) is 18.3. The van der Waals surface area contributed by atoms with Crippen molar-refractivity contribution in [1.82, 2.24) is 30.0 Å². The largest absolute Gasteiger partial charge is 0.457 e. The summed E-state index contributed by atoms with van der Waals surface area (Å²) in [6.07, 6.45) is 1.63. The highest BCUT2D eigenvalue weighted by molar-refractivity contribution is 5.94. The first-order valence-electron chi connectivity index (χ1n) is 10.8. The molecule has 0 amide bonds. The molecule has 174 valence electrons. The predicted molar refractivity (Wildman–Crippen MR) is 115 cm³/mol. The second-order valence-corrected chi connectivity index (χ2v) is 8.30. The topological polar surface area (TPSA) is 109 Å². The molecule has 5 rings (SSSR count). The molecular formula is C23H21F2N7O2. The maximum atomic E-state index is 13.0. The van der Waals surface area contributed by atoms with Crippen LogP contribution in [0.4, 0.5) is 8.78 Å². The quantitative estimate of drug-likeness (QED) is 0.573. The van der Waals surface area contributed by atoms with Crippen LogP contribution in [-0.4, -0.2) is 50.3 Å². The van der Waals surface area contributed by atoms with Crippen LogP contribution in [0.2, 0.25) is 0 Å². The van der Waals surface area contributed by atoms with Gasteiger partial charge in [-0.15, -0.1) is 0 Å². The number of alkyl halides is 2. The van der Waals surface area contributed by atoms with E-state index in [-0.39, 0.29) is 23.5 Å². The number of benzene rings is 1. The Balaban J connectivity index is 1.28. The van der Waals surface area contributed by atoms with E-state index >= 15 is 0 Å². The van der Waals surface area contributed by atoms with Crippen molar-refractivity contribution in [2.75, 3.05) is 19.6 Å². The molecule has 2 aliphatic rings. The van der Waals surface area contributed by atoms with Gasteiger partial charge >= 0.3 is 5.97 Å². The van der Waals surface area contributed by atoms with Crippen LogP contribution < -0.4 is 5.32 Å². The van der Waals surface area contributed by atoms with Crippen LogP contribution in [0, 0.1) is 18.3 Å². The van der Waals surface area contributed by atoms with E-state index in [1.807, 2.05) is 19.1 Å². The van der Waals surface area contributed by atoms with Crippen molar-refractivity contribution >= 4 is 5.97 Å². The Bertz CT molecular complexity index is 1280. The smallest absolute Gasteiger partial charge is 0.338 e. The van der Waals surface area contributed by atoms with E-state index in [1.165, 1.54) is 6.20 Å². The molecule has 1 atom stereocenters. The molecular weight excluding hydrogens is 444 g/mol. The Kier molecular flexibility index (Phi) is 5.77. The highest BCUT2D eigenvalue weighted by atomic mass is 19.3. The highest BCUT2D eigenvalue weighted by Crippen LogP contribution is 2.30. The number of esters is 1. The average molecular weight is 465 g/mol. The molecule has 4 heterocycles. The molecule has 1 aromatic carbocycles. The number of nitrogens with zero attached hydrogens (tertiary/aromatic N) is 6. The van der Waals surface area contributed by atoms with Crippen molar-refractivity contribution in [2.45, 2.75) is 32.5 Å². The Morgan fingerprint density at radius 3 is 2.82 bits per heavy atom. The van der Waals surface area contributed by atoms with Crippen LogP contribution in [0.15, 0.2) is 30.7 Å². The van der Waals surface area contributed by atoms with Crippen LogP contribution in [0.1, 0.15) is 56.3 Å². The summed E-state index contributed by atoms with van der Waals surface area (Å²) in [6.45, 7) is 5.37. The van der Waals surface area contributed by atoms with Gasteiger partial charge in [0.25, 0.3) is 6.43 Å². The van der Waals surface area contributed by atoms with Gasteiger partial charge in [-0.3, -0.25) is 4.90 Å². The van der Waals surface area contributed by atoms with Crippen LogP contribution in [0.5, 0.6) is 0 Å². The van der Waals surface area contributed by atoms with Gasteiger partial charge in [-0.2, -0.15) is 10.4 Å². The lowest BCUT2D eigenvalue weighted by molar-refractivity contribution is 0.0535. The van der Waals surface area contributed by atoms with Crippen LogP contribution >= 0.6 is 0 Å². The van der Waals surface area contributed by atoms with E-state index in [0.29, 0.717) is 18.7 Å². The number of fused-ring (bicyclic) bond motifs is 1. The molecule has 34 heavy (non-hydrogen) atoms. The fourth-order valence-corrected chi connectivity index (χ4v) is 4.45. The number of piperazine rings is 1. The van der Waals surface area contributed by atoms with Crippen LogP contribution in [0.25, 0.3) is 5.95 Å². The summed E-state index contributed by atoms with van der Waals surface area (Å²) >= 11 is 0. The molecule has 0 saturated carbocycles. The monoisotopic (exact) mass is 465 g/mol. The van der Waals surface area contributed by atoms with Gasteiger partial charge in [0.15, 0.2) is 0 Å². The van der Waals surface area contributed by atoms with E-state index in [0.717, 1.165) is 46.6 Å². The summed E-state index contributed by atoms with van der Waals surface area (Å²) in [4.78, 5) is 22.6. The van der Waals surface area contributed by atoms with E-state index < -0.39 is 12.1 Å². The van der Waals surface area contributed by atoms with E-state index in [4.69, 9.17) is 10.00 Å². The second-order valence-electron chi connectivity index (χ2n) is 8.30. The Morgan fingerprint density at radius 2 is 2.12 bits per heavy atom. The molecule has 2 aromatic heterocycles. The summed E-state index contributed by atoms with van der Waals surface area (Å²) in [5.41, 5.74) is 3.91. The molecule has 1 N–H and O–H groups in total. The fourth-order valence-electron chi connectivity index (χ4n) is 4.45. The molecule has 9 nitrogen and oxygen atoms in total. The molecule has 0 aliphatic carbocycles. The Morgan fingerprint density at radius 1 is 1.32 bits per heavy atom. The average Bonchev–Trinajstić information content (AvgIpc) is 3.45. The van der Waals surface area contributed by atoms with Crippen molar-refractivity contribution in [2.24, 2.45) is 0 Å². The van der Waals surface area contributed by atoms with Gasteiger partial charge in [-0.05, 0) is 24.1 Å². The number of nitriles is 1. The first kappa shape index (κ1) is 22.1. The lowest BCUT2D eigenvalue weighted by atomic mass is 9.93. The van der Waals surface area contributed by atoms with Crippen molar-refractivity contribution < 1.29 is 18.3 Å². The van der Waals surface area contributed by atoms with Gasteiger partial charge in [0.2, 0.25) is 5.95 Å². The minimum atomic E-state index is -2.85. The summed E-state index contributed by atoms with van der Waals surface area (Å²) in [5.74, 6) is -0.147. The van der Waals surface area contributed by atoms with Gasteiger partial charge in [0, 0.05) is 55.7 Å². The number of aromatic nitrogens is 4. The molecule has 1 unspecified atom stereocenters. The first-order valence-corrected chi connectivity index (χ1v) is 10.8. The van der Waals surface area contributed by atoms with E-state index in [9.17, 15) is 13.6 Å². The predicted octanol–water partition coefficient (Wildman–Crippen LogP) is 2.60. The minimum absolute atomic E-state index is 0.108. The lowest BCUT2D eigenvalue weighted by Gasteiger charge is -2.34. The number of halogens is 2. The van der Waals surface area contributed by atoms with Crippen LogP contribution in [-0.2, 0) is 17.9 Å². The molecule has 1 saturated heterocycles. The van der Waals surface area contributed by atoms with Gasteiger partial charge in [-0.1, -0.05) is 6.07 Å². The van der Waals surface area contributed by atoms with Crippen LogP contribution in [0.3, 0.4) is 0 Å². The molecule has 0 bridgehead atoms. The third-order valence-corrected chi connectivity index (χ3v) is 6.22. The summed E-state index contributed by atoms with van der Waals surface area (Å²) in [5, 5.41) is 16.3. The Labute approximate surface area is 194 Å². The SMILES string of the molecule is Cc1c(C2CN(Cc3cnc(-n4cc(C#N)c(C(F)F)n4)nc3)CCN2)ccc2c1COC2=O. The summed E-state index contributed by atoms with van der Waals surface area (Å²) in [6, 6.07) is 5.66. The van der Waals surface area contributed by atoms with Crippen molar-refractivity contribution in [3.05, 3.63) is 69.8 Å². The van der Waals surface area contributed by atoms with Crippen molar-refractivity contribution in [3.8, 4) is 12.0 Å². The number of rotatable bonds is 5. The molecule has 2 aliphatic heterocycles. The van der Waals surface area contributed by atoms with Crippen molar-refractivity contribution in [3.63, 3.8) is 0 Å².